The standard InChI is InChI=1S/C17H21BrN2/c1-17(19,15-8-4-3-5-9-15)13-20(2)12-14-7-6-10-16(18)11-14/h3-11H,12-13,19H2,1-2H3. The summed E-state index contributed by atoms with van der Waals surface area (Å²) < 4.78 is 1.11. The summed E-state index contributed by atoms with van der Waals surface area (Å²) in [7, 11) is 2.11. The summed E-state index contributed by atoms with van der Waals surface area (Å²) >= 11 is 3.51. The van der Waals surface area contributed by atoms with Crippen molar-refractivity contribution in [2.75, 3.05) is 13.6 Å². The average molecular weight is 333 g/mol. The molecular formula is C17H21BrN2. The number of nitrogens with two attached hydrogens (primary N) is 1. The summed E-state index contributed by atoms with van der Waals surface area (Å²) in [6.07, 6.45) is 0. The molecule has 0 amide bonds. The van der Waals surface area contributed by atoms with Crippen LogP contribution in [0.2, 0.25) is 0 Å². The largest absolute Gasteiger partial charge is 0.321 e. The van der Waals surface area contributed by atoms with E-state index in [2.05, 4.69) is 65.1 Å². The van der Waals surface area contributed by atoms with Crippen LogP contribution >= 0.6 is 15.9 Å². The van der Waals surface area contributed by atoms with Crippen LogP contribution in [0.1, 0.15) is 18.1 Å². The van der Waals surface area contributed by atoms with Crippen molar-refractivity contribution in [3.05, 3.63) is 70.2 Å². The van der Waals surface area contributed by atoms with Crippen LogP contribution in [0.4, 0.5) is 0 Å². The fourth-order valence-electron chi connectivity index (χ4n) is 2.47. The molecule has 0 aliphatic heterocycles. The van der Waals surface area contributed by atoms with E-state index in [1.165, 1.54) is 11.1 Å². The van der Waals surface area contributed by atoms with E-state index in [0.29, 0.717) is 0 Å². The number of hydrogen-bond acceptors (Lipinski definition) is 2. The molecule has 0 aliphatic carbocycles. The summed E-state index contributed by atoms with van der Waals surface area (Å²) in [5, 5.41) is 0. The highest BCUT2D eigenvalue weighted by molar-refractivity contribution is 9.10. The van der Waals surface area contributed by atoms with Crippen molar-refractivity contribution in [1.82, 2.24) is 4.90 Å². The zero-order valence-electron chi connectivity index (χ0n) is 12.0. The summed E-state index contributed by atoms with van der Waals surface area (Å²) in [4.78, 5) is 2.26. The quantitative estimate of drug-likeness (QED) is 0.903. The number of nitrogens with zero attached hydrogens (tertiary/aromatic N) is 1. The van der Waals surface area contributed by atoms with E-state index in [1.54, 1.807) is 0 Å². The minimum atomic E-state index is -0.345. The number of halogens is 1. The van der Waals surface area contributed by atoms with Crippen LogP contribution in [0.15, 0.2) is 59.1 Å². The zero-order valence-corrected chi connectivity index (χ0v) is 13.6. The molecule has 2 nitrogen and oxygen atoms in total. The van der Waals surface area contributed by atoms with Gasteiger partial charge in [0.15, 0.2) is 0 Å². The lowest BCUT2D eigenvalue weighted by molar-refractivity contribution is 0.253. The SMILES string of the molecule is CN(Cc1cccc(Br)c1)CC(C)(N)c1ccccc1. The molecule has 2 aromatic carbocycles. The Hall–Kier alpha value is -1.16. The third-order valence-corrected chi connectivity index (χ3v) is 3.87. The maximum Gasteiger partial charge on any atom is 0.0509 e. The molecule has 2 N–H and O–H groups in total. The second kappa shape index (κ2) is 6.53. The Balaban J connectivity index is 2.02. The van der Waals surface area contributed by atoms with Crippen LogP contribution in [-0.2, 0) is 12.1 Å². The van der Waals surface area contributed by atoms with Gasteiger partial charge >= 0.3 is 0 Å². The van der Waals surface area contributed by atoms with E-state index in [4.69, 9.17) is 5.73 Å². The van der Waals surface area contributed by atoms with Crippen molar-refractivity contribution in [2.24, 2.45) is 5.73 Å². The van der Waals surface area contributed by atoms with Gasteiger partial charge in [-0.25, -0.2) is 0 Å². The molecule has 0 aliphatic rings. The lowest BCUT2D eigenvalue weighted by atomic mass is 9.92. The minimum absolute atomic E-state index is 0.345. The predicted molar refractivity (Wildman–Crippen MR) is 88.5 cm³/mol. The first-order chi connectivity index (χ1) is 9.47. The Labute approximate surface area is 129 Å². The highest BCUT2D eigenvalue weighted by Gasteiger charge is 2.22. The Kier molecular flexibility index (Phi) is 4.97. The van der Waals surface area contributed by atoms with Gasteiger partial charge in [0.25, 0.3) is 0 Å². The molecule has 0 saturated carbocycles. The number of rotatable bonds is 5. The smallest absolute Gasteiger partial charge is 0.0509 e. The monoisotopic (exact) mass is 332 g/mol. The summed E-state index contributed by atoms with van der Waals surface area (Å²) in [5.41, 5.74) is 8.58. The van der Waals surface area contributed by atoms with Crippen LogP contribution in [-0.4, -0.2) is 18.5 Å². The van der Waals surface area contributed by atoms with Gasteiger partial charge in [-0.15, -0.1) is 0 Å². The van der Waals surface area contributed by atoms with Crippen molar-refractivity contribution in [3.63, 3.8) is 0 Å². The molecule has 2 aromatic rings. The van der Waals surface area contributed by atoms with Crippen LogP contribution < -0.4 is 5.73 Å². The summed E-state index contributed by atoms with van der Waals surface area (Å²) in [5.74, 6) is 0. The molecule has 20 heavy (non-hydrogen) atoms. The van der Waals surface area contributed by atoms with Crippen molar-refractivity contribution in [1.29, 1.82) is 0 Å². The first-order valence-electron chi connectivity index (χ1n) is 6.75. The molecule has 0 bridgehead atoms. The highest BCUT2D eigenvalue weighted by Crippen LogP contribution is 2.20. The highest BCUT2D eigenvalue weighted by atomic mass is 79.9. The molecule has 0 radical (unpaired) electrons. The lowest BCUT2D eigenvalue weighted by Gasteiger charge is -2.30. The average Bonchev–Trinajstić information content (AvgIpc) is 2.39. The van der Waals surface area contributed by atoms with Crippen LogP contribution in [0.3, 0.4) is 0 Å². The zero-order chi connectivity index (χ0) is 14.6. The van der Waals surface area contributed by atoms with E-state index in [-0.39, 0.29) is 5.54 Å². The Morgan fingerprint density at radius 3 is 2.45 bits per heavy atom. The van der Waals surface area contributed by atoms with Gasteiger partial charge in [-0.05, 0) is 37.2 Å². The van der Waals surface area contributed by atoms with Crippen molar-refractivity contribution in [3.8, 4) is 0 Å². The van der Waals surface area contributed by atoms with Crippen molar-refractivity contribution >= 4 is 15.9 Å². The first kappa shape index (κ1) is 15.2. The lowest BCUT2D eigenvalue weighted by Crippen LogP contribution is -2.43. The van der Waals surface area contributed by atoms with Crippen molar-refractivity contribution in [2.45, 2.75) is 19.0 Å². The number of benzene rings is 2. The van der Waals surface area contributed by atoms with E-state index in [9.17, 15) is 0 Å². The van der Waals surface area contributed by atoms with Gasteiger partial charge in [-0.1, -0.05) is 58.4 Å². The predicted octanol–water partition coefficient (Wildman–Crippen LogP) is 3.76. The van der Waals surface area contributed by atoms with Gasteiger partial charge in [0.1, 0.15) is 0 Å². The summed E-state index contributed by atoms with van der Waals surface area (Å²) in [6, 6.07) is 18.7. The second-order valence-electron chi connectivity index (χ2n) is 5.59. The maximum absolute atomic E-state index is 6.47. The topological polar surface area (TPSA) is 29.3 Å². The van der Waals surface area contributed by atoms with E-state index < -0.39 is 0 Å². The molecular weight excluding hydrogens is 312 g/mol. The number of hydrogen-bond donors (Lipinski definition) is 1. The fourth-order valence-corrected chi connectivity index (χ4v) is 2.92. The normalized spacial score (nSPS) is 14.2. The van der Waals surface area contributed by atoms with E-state index >= 15 is 0 Å². The Morgan fingerprint density at radius 1 is 1.10 bits per heavy atom. The fraction of sp³-hybridized carbons (Fsp3) is 0.294. The first-order valence-corrected chi connectivity index (χ1v) is 7.54. The molecule has 0 spiro atoms. The third-order valence-electron chi connectivity index (χ3n) is 3.37. The molecule has 3 heteroatoms. The molecule has 2 rings (SSSR count). The molecule has 1 atom stereocenters. The Bertz CT molecular complexity index is 552. The van der Waals surface area contributed by atoms with Gasteiger partial charge in [0, 0.05) is 17.6 Å². The van der Waals surface area contributed by atoms with Crippen LogP contribution in [0.25, 0.3) is 0 Å². The molecule has 1 unspecified atom stereocenters. The number of likely N-dealkylation sites (N-methyl/N-ethyl adjacent to an activating group) is 1. The van der Waals surface area contributed by atoms with Crippen molar-refractivity contribution < 1.29 is 0 Å². The third kappa shape index (κ3) is 4.17. The minimum Gasteiger partial charge on any atom is -0.321 e. The molecule has 0 heterocycles. The van der Waals surface area contributed by atoms with Gasteiger partial charge in [0.2, 0.25) is 0 Å². The molecule has 0 aromatic heterocycles. The van der Waals surface area contributed by atoms with Crippen LogP contribution in [0, 0.1) is 0 Å². The molecule has 0 saturated heterocycles. The van der Waals surface area contributed by atoms with E-state index in [1.807, 2.05) is 24.3 Å². The second-order valence-corrected chi connectivity index (χ2v) is 6.50. The Morgan fingerprint density at radius 2 is 1.80 bits per heavy atom. The van der Waals surface area contributed by atoms with Gasteiger partial charge in [-0.2, -0.15) is 0 Å². The maximum atomic E-state index is 6.47. The van der Waals surface area contributed by atoms with Gasteiger partial charge < -0.3 is 5.73 Å². The van der Waals surface area contributed by atoms with Gasteiger partial charge in [0.05, 0.1) is 5.54 Å². The van der Waals surface area contributed by atoms with E-state index in [0.717, 1.165) is 17.6 Å². The summed E-state index contributed by atoms with van der Waals surface area (Å²) in [6.45, 7) is 3.78. The molecule has 106 valence electrons. The molecule has 0 fully saturated rings. The van der Waals surface area contributed by atoms with Crippen LogP contribution in [0.5, 0.6) is 0 Å². The van der Waals surface area contributed by atoms with Gasteiger partial charge in [-0.3, -0.25) is 4.90 Å².